The number of hydrogen-bond donors (Lipinski definition) is 1. The monoisotopic (exact) mass is 590 g/mol. The number of nitrogens with one attached hydrogen (secondary N) is 1. The standard InChI is InChI=1S/C31H21Cl2FN2O5/c32-22-6-5-21(28(33)16-22)18-41-26-13-9-24(10-14-26)36-30(38)27(29(37)35-31(36)39)15-19-3-11-25(12-4-19)40-17-20-1-7-23(34)8-2-20/h1-16H,17-18H2,(H,35,37,39)/b27-15+. The lowest BCUT2D eigenvalue weighted by Crippen LogP contribution is -2.54. The van der Waals surface area contributed by atoms with Crippen LogP contribution in [0.2, 0.25) is 10.0 Å². The second-order valence-electron chi connectivity index (χ2n) is 8.96. The quantitative estimate of drug-likeness (QED) is 0.177. The molecule has 1 heterocycles. The number of barbiturate groups is 1. The third-order valence-electron chi connectivity index (χ3n) is 6.12. The molecule has 5 rings (SSSR count). The average Bonchev–Trinajstić information content (AvgIpc) is 2.96. The lowest BCUT2D eigenvalue weighted by molar-refractivity contribution is -0.122. The number of amides is 4. The maximum atomic E-state index is 13.2. The van der Waals surface area contributed by atoms with Crippen molar-refractivity contribution in [1.29, 1.82) is 0 Å². The topological polar surface area (TPSA) is 84.9 Å². The Morgan fingerprint density at radius 2 is 1.41 bits per heavy atom. The molecule has 0 atom stereocenters. The Kier molecular flexibility index (Phi) is 8.33. The number of ether oxygens (including phenoxy) is 2. The Bertz CT molecular complexity index is 1640. The van der Waals surface area contributed by atoms with Crippen molar-refractivity contribution >= 4 is 52.8 Å². The van der Waals surface area contributed by atoms with E-state index in [-0.39, 0.29) is 30.3 Å². The number of nitrogens with zero attached hydrogens (tertiary/aromatic N) is 1. The predicted octanol–water partition coefficient (Wildman–Crippen LogP) is 6.96. The Hall–Kier alpha value is -4.66. The third kappa shape index (κ3) is 6.74. The van der Waals surface area contributed by atoms with Gasteiger partial charge in [0.2, 0.25) is 0 Å². The molecule has 4 aromatic carbocycles. The molecular formula is C31H21Cl2FN2O5. The van der Waals surface area contributed by atoms with Crippen molar-refractivity contribution in [2.45, 2.75) is 13.2 Å². The number of rotatable bonds is 8. The minimum atomic E-state index is -0.858. The van der Waals surface area contributed by atoms with Crippen LogP contribution in [0.4, 0.5) is 14.9 Å². The summed E-state index contributed by atoms with van der Waals surface area (Å²) >= 11 is 12.1. The maximum Gasteiger partial charge on any atom is 0.335 e. The van der Waals surface area contributed by atoms with Gasteiger partial charge in [-0.1, -0.05) is 53.5 Å². The second kappa shape index (κ2) is 12.2. The maximum absolute atomic E-state index is 13.2. The summed E-state index contributed by atoms with van der Waals surface area (Å²) < 4.78 is 24.5. The van der Waals surface area contributed by atoms with Crippen molar-refractivity contribution in [2.24, 2.45) is 0 Å². The van der Waals surface area contributed by atoms with E-state index in [1.807, 2.05) is 0 Å². The lowest BCUT2D eigenvalue weighted by Gasteiger charge is -2.26. The summed E-state index contributed by atoms with van der Waals surface area (Å²) in [6.45, 7) is 0.438. The average molecular weight is 591 g/mol. The molecule has 0 spiro atoms. The molecule has 1 N–H and O–H groups in total. The van der Waals surface area contributed by atoms with E-state index in [9.17, 15) is 18.8 Å². The number of anilines is 1. The molecule has 7 nitrogen and oxygen atoms in total. The molecule has 0 radical (unpaired) electrons. The van der Waals surface area contributed by atoms with Crippen molar-refractivity contribution in [3.63, 3.8) is 0 Å². The van der Waals surface area contributed by atoms with Crippen LogP contribution in [0.5, 0.6) is 11.5 Å². The number of halogens is 3. The summed E-state index contributed by atoms with van der Waals surface area (Å²) in [6.07, 6.45) is 1.40. The van der Waals surface area contributed by atoms with Gasteiger partial charge in [0.15, 0.2) is 0 Å². The molecule has 4 aromatic rings. The molecule has 4 amide bonds. The van der Waals surface area contributed by atoms with Gasteiger partial charge >= 0.3 is 6.03 Å². The van der Waals surface area contributed by atoms with Crippen LogP contribution in [0.25, 0.3) is 6.08 Å². The van der Waals surface area contributed by atoms with E-state index in [4.69, 9.17) is 32.7 Å². The molecule has 1 aliphatic rings. The van der Waals surface area contributed by atoms with E-state index in [0.29, 0.717) is 27.1 Å². The normalized spacial score (nSPS) is 14.3. The van der Waals surface area contributed by atoms with Gasteiger partial charge in [-0.2, -0.15) is 0 Å². The van der Waals surface area contributed by atoms with E-state index in [0.717, 1.165) is 16.0 Å². The van der Waals surface area contributed by atoms with E-state index < -0.39 is 17.8 Å². The minimum absolute atomic E-state index is 0.190. The fraction of sp³-hybridized carbons (Fsp3) is 0.0645. The highest BCUT2D eigenvalue weighted by atomic mass is 35.5. The highest BCUT2D eigenvalue weighted by Crippen LogP contribution is 2.27. The highest BCUT2D eigenvalue weighted by molar-refractivity contribution is 6.39. The van der Waals surface area contributed by atoms with Crippen LogP contribution in [0, 0.1) is 5.82 Å². The van der Waals surface area contributed by atoms with Crippen LogP contribution in [0.3, 0.4) is 0 Å². The zero-order chi connectivity index (χ0) is 28.9. The summed E-state index contributed by atoms with van der Waals surface area (Å²) in [5.74, 6) is -0.856. The van der Waals surface area contributed by atoms with Crippen LogP contribution >= 0.6 is 23.2 Å². The summed E-state index contributed by atoms with van der Waals surface area (Å²) in [7, 11) is 0. The molecule has 41 heavy (non-hydrogen) atoms. The molecule has 0 aliphatic carbocycles. The first-order chi connectivity index (χ1) is 19.8. The Morgan fingerprint density at radius 1 is 0.780 bits per heavy atom. The van der Waals surface area contributed by atoms with E-state index in [1.165, 1.54) is 30.3 Å². The lowest BCUT2D eigenvalue weighted by atomic mass is 10.1. The number of urea groups is 1. The van der Waals surface area contributed by atoms with Gasteiger partial charge in [0.1, 0.15) is 36.1 Å². The molecule has 1 fully saturated rings. The largest absolute Gasteiger partial charge is 0.489 e. The SMILES string of the molecule is O=C1NC(=O)N(c2ccc(OCc3ccc(Cl)cc3Cl)cc2)C(=O)/C1=C/c1ccc(OCc2ccc(F)cc2)cc1. The van der Waals surface area contributed by atoms with E-state index in [1.54, 1.807) is 66.7 Å². The van der Waals surface area contributed by atoms with Crippen LogP contribution in [0.15, 0.2) is 96.6 Å². The van der Waals surface area contributed by atoms with Gasteiger partial charge in [-0.15, -0.1) is 0 Å². The number of carbonyl (C=O) groups is 3. The van der Waals surface area contributed by atoms with Gasteiger partial charge in [-0.05, 0) is 77.9 Å². The Balaban J connectivity index is 1.26. The Morgan fingerprint density at radius 3 is 2.07 bits per heavy atom. The van der Waals surface area contributed by atoms with Gasteiger partial charge in [-0.3, -0.25) is 14.9 Å². The summed E-state index contributed by atoms with van der Waals surface area (Å²) in [4.78, 5) is 39.2. The van der Waals surface area contributed by atoms with Crippen LogP contribution in [0.1, 0.15) is 16.7 Å². The molecule has 206 valence electrons. The van der Waals surface area contributed by atoms with Crippen molar-refractivity contribution < 1.29 is 28.2 Å². The van der Waals surface area contributed by atoms with Crippen molar-refractivity contribution in [2.75, 3.05) is 4.90 Å². The zero-order valence-electron chi connectivity index (χ0n) is 21.3. The number of carbonyl (C=O) groups excluding carboxylic acids is 3. The zero-order valence-corrected chi connectivity index (χ0v) is 22.8. The summed E-state index contributed by atoms with van der Waals surface area (Å²) in [5, 5.41) is 3.20. The van der Waals surface area contributed by atoms with Crippen LogP contribution in [-0.4, -0.2) is 17.8 Å². The van der Waals surface area contributed by atoms with Gasteiger partial charge < -0.3 is 9.47 Å². The second-order valence-corrected chi connectivity index (χ2v) is 9.80. The van der Waals surface area contributed by atoms with Gasteiger partial charge in [0.05, 0.1) is 5.69 Å². The molecule has 0 aromatic heterocycles. The van der Waals surface area contributed by atoms with Crippen molar-refractivity contribution in [1.82, 2.24) is 5.32 Å². The molecule has 0 unspecified atom stereocenters. The van der Waals surface area contributed by atoms with Gasteiger partial charge in [-0.25, -0.2) is 14.1 Å². The molecule has 0 bridgehead atoms. The molecule has 10 heteroatoms. The van der Waals surface area contributed by atoms with Crippen molar-refractivity contribution in [3.8, 4) is 11.5 Å². The fourth-order valence-electron chi connectivity index (χ4n) is 3.96. The number of benzene rings is 4. The molecule has 0 saturated carbocycles. The smallest absolute Gasteiger partial charge is 0.335 e. The number of hydrogen-bond acceptors (Lipinski definition) is 5. The van der Waals surface area contributed by atoms with Crippen molar-refractivity contribution in [3.05, 3.63) is 129 Å². The highest BCUT2D eigenvalue weighted by Gasteiger charge is 2.36. The predicted molar refractivity (Wildman–Crippen MR) is 153 cm³/mol. The van der Waals surface area contributed by atoms with Crippen LogP contribution in [-0.2, 0) is 22.8 Å². The summed E-state index contributed by atoms with van der Waals surface area (Å²) in [5.41, 5.74) is 2.15. The van der Waals surface area contributed by atoms with Gasteiger partial charge in [0, 0.05) is 15.6 Å². The third-order valence-corrected chi connectivity index (χ3v) is 6.70. The van der Waals surface area contributed by atoms with Crippen LogP contribution < -0.4 is 19.7 Å². The summed E-state index contributed by atoms with van der Waals surface area (Å²) in [6, 6.07) is 23.2. The molecular weight excluding hydrogens is 570 g/mol. The number of imide groups is 2. The first-order valence-electron chi connectivity index (χ1n) is 12.3. The Labute approximate surface area is 244 Å². The first kappa shape index (κ1) is 27.9. The van der Waals surface area contributed by atoms with E-state index >= 15 is 0 Å². The van der Waals surface area contributed by atoms with E-state index in [2.05, 4.69) is 5.32 Å². The van der Waals surface area contributed by atoms with Gasteiger partial charge in [0.25, 0.3) is 11.8 Å². The molecule has 1 aliphatic heterocycles. The minimum Gasteiger partial charge on any atom is -0.489 e. The molecule has 1 saturated heterocycles. The fourth-order valence-corrected chi connectivity index (χ4v) is 4.42. The first-order valence-corrected chi connectivity index (χ1v) is 13.1.